The molecule has 1 aromatic carbocycles. The van der Waals surface area contributed by atoms with Crippen LogP contribution in [0.5, 0.6) is 5.75 Å². The molecule has 6 nitrogen and oxygen atoms in total. The lowest BCUT2D eigenvalue weighted by atomic mass is 10.0. The maximum Gasteiger partial charge on any atom is 0.424 e. The van der Waals surface area contributed by atoms with Crippen LogP contribution in [0.3, 0.4) is 0 Å². The van der Waals surface area contributed by atoms with Crippen molar-refractivity contribution in [2.24, 2.45) is 0 Å². The Kier molecular flexibility index (Phi) is 9.94. The first-order chi connectivity index (χ1) is 11.4. The number of hydrogen-bond acceptors (Lipinski definition) is 5. The molecule has 1 atom stereocenters. The fourth-order valence-corrected chi connectivity index (χ4v) is 2.61. The van der Waals surface area contributed by atoms with E-state index in [-0.39, 0.29) is 0 Å². The summed E-state index contributed by atoms with van der Waals surface area (Å²) in [5.74, 6) is 0.620. The second kappa shape index (κ2) is 11.4. The number of rotatable bonds is 13. The monoisotopic (exact) mass is 360 g/mol. The van der Waals surface area contributed by atoms with Gasteiger partial charge in [-0.15, -0.1) is 0 Å². The normalized spacial score (nSPS) is 13.0. The lowest BCUT2D eigenvalue weighted by Crippen LogP contribution is -2.19. The Morgan fingerprint density at radius 2 is 1.67 bits per heavy atom. The molecule has 24 heavy (non-hydrogen) atoms. The van der Waals surface area contributed by atoms with Gasteiger partial charge < -0.3 is 4.74 Å². The molecule has 0 bridgehead atoms. The summed E-state index contributed by atoms with van der Waals surface area (Å²) in [6, 6.07) is 7.54. The molecule has 0 saturated heterocycles. The third-order valence-electron chi connectivity index (χ3n) is 3.58. The van der Waals surface area contributed by atoms with Crippen LogP contribution in [0.15, 0.2) is 24.3 Å². The summed E-state index contributed by atoms with van der Waals surface area (Å²) in [6.45, 7) is 3.69. The number of aryl methyl sites for hydroxylation is 1. The van der Waals surface area contributed by atoms with Crippen molar-refractivity contribution in [2.45, 2.75) is 71.5 Å². The largest absolute Gasteiger partial charge is 0.462 e. The maximum atomic E-state index is 10.5. The van der Waals surface area contributed by atoms with Gasteiger partial charge in [0.15, 0.2) is 0 Å². The molecule has 1 N–H and O–H groups in total. The fraction of sp³-hybridized carbons (Fsp3) is 0.647. The summed E-state index contributed by atoms with van der Waals surface area (Å²) in [6.07, 6.45) is 8.55. The number of unbranched alkanes of at least 4 members (excludes halogenated alkanes) is 6. The molecule has 0 heterocycles. The second-order valence-corrected chi connectivity index (χ2v) is 6.75. The van der Waals surface area contributed by atoms with Crippen molar-refractivity contribution >= 4 is 10.4 Å². The zero-order valence-electron chi connectivity index (χ0n) is 14.4. The van der Waals surface area contributed by atoms with Crippen molar-refractivity contribution < 1.29 is 26.9 Å². The SMILES string of the molecule is CCCCCCCCCc1ccccc1OC(C)OOS(=O)(=O)O. The molecule has 0 aromatic heterocycles. The van der Waals surface area contributed by atoms with Crippen LogP contribution in [0.2, 0.25) is 0 Å². The zero-order valence-corrected chi connectivity index (χ0v) is 15.3. The first-order valence-corrected chi connectivity index (χ1v) is 9.86. The van der Waals surface area contributed by atoms with Gasteiger partial charge in [0, 0.05) is 6.92 Å². The van der Waals surface area contributed by atoms with Crippen LogP contribution in [0.1, 0.15) is 64.4 Å². The average molecular weight is 360 g/mol. The highest BCUT2D eigenvalue weighted by molar-refractivity contribution is 7.80. The Morgan fingerprint density at radius 3 is 2.33 bits per heavy atom. The van der Waals surface area contributed by atoms with E-state index in [1.807, 2.05) is 18.2 Å². The van der Waals surface area contributed by atoms with Crippen molar-refractivity contribution in [1.82, 2.24) is 0 Å². The summed E-state index contributed by atoms with van der Waals surface area (Å²) in [4.78, 5) is 4.49. The number of para-hydroxylation sites is 1. The molecule has 0 radical (unpaired) electrons. The van der Waals surface area contributed by atoms with Crippen molar-refractivity contribution in [3.05, 3.63) is 29.8 Å². The Morgan fingerprint density at radius 1 is 1.04 bits per heavy atom. The van der Waals surface area contributed by atoms with E-state index in [2.05, 4.69) is 16.1 Å². The van der Waals surface area contributed by atoms with Crippen LogP contribution in [0.4, 0.5) is 0 Å². The standard InChI is InChI=1S/C17H28O6S/c1-3-4-5-6-7-8-9-12-16-13-10-11-14-17(16)21-15(2)22-23-24(18,19)20/h10-11,13-15H,3-9,12H2,1-2H3,(H,18,19,20). The molecule has 7 heteroatoms. The molecule has 138 valence electrons. The predicted octanol–water partition coefficient (Wildman–Crippen LogP) is 4.46. The number of hydrogen-bond donors (Lipinski definition) is 1. The predicted molar refractivity (Wildman–Crippen MR) is 91.9 cm³/mol. The van der Waals surface area contributed by atoms with Crippen LogP contribution < -0.4 is 4.74 Å². The van der Waals surface area contributed by atoms with Gasteiger partial charge in [0.25, 0.3) is 0 Å². The average Bonchev–Trinajstić information content (AvgIpc) is 2.53. The van der Waals surface area contributed by atoms with E-state index in [9.17, 15) is 8.42 Å². The third-order valence-corrected chi connectivity index (χ3v) is 3.83. The minimum absolute atomic E-state index is 0.620. The number of benzene rings is 1. The first-order valence-electron chi connectivity index (χ1n) is 8.49. The van der Waals surface area contributed by atoms with E-state index in [1.165, 1.54) is 45.4 Å². The van der Waals surface area contributed by atoms with Crippen molar-refractivity contribution in [3.8, 4) is 5.75 Å². The van der Waals surface area contributed by atoms with E-state index in [0.29, 0.717) is 5.75 Å². The molecule has 0 fully saturated rings. The molecule has 1 aromatic rings. The third kappa shape index (κ3) is 9.87. The van der Waals surface area contributed by atoms with E-state index in [0.717, 1.165) is 18.4 Å². The van der Waals surface area contributed by atoms with Crippen LogP contribution in [-0.4, -0.2) is 19.3 Å². The van der Waals surface area contributed by atoms with Gasteiger partial charge in [0.1, 0.15) is 5.75 Å². The lowest BCUT2D eigenvalue weighted by molar-refractivity contribution is -0.290. The molecule has 1 unspecified atom stereocenters. The minimum Gasteiger partial charge on any atom is -0.462 e. The number of ether oxygens (including phenoxy) is 1. The van der Waals surface area contributed by atoms with Crippen molar-refractivity contribution in [2.75, 3.05) is 0 Å². The lowest BCUT2D eigenvalue weighted by Gasteiger charge is -2.16. The second-order valence-electron chi connectivity index (χ2n) is 5.76. The fourth-order valence-electron chi connectivity index (χ4n) is 2.40. The highest BCUT2D eigenvalue weighted by Crippen LogP contribution is 2.22. The van der Waals surface area contributed by atoms with Crippen LogP contribution in [0.25, 0.3) is 0 Å². The van der Waals surface area contributed by atoms with Crippen molar-refractivity contribution in [1.29, 1.82) is 0 Å². The molecule has 0 amide bonds. The van der Waals surface area contributed by atoms with E-state index in [4.69, 9.17) is 9.29 Å². The van der Waals surface area contributed by atoms with Gasteiger partial charge in [0.2, 0.25) is 6.29 Å². The van der Waals surface area contributed by atoms with Crippen LogP contribution in [-0.2, 0) is 26.0 Å². The summed E-state index contributed by atoms with van der Waals surface area (Å²) in [5, 5.41) is 0. The quantitative estimate of drug-likeness (QED) is 0.184. The Bertz CT molecular complexity index is 558. The molecule has 0 aliphatic heterocycles. The van der Waals surface area contributed by atoms with Gasteiger partial charge in [-0.05, 0) is 24.5 Å². The van der Waals surface area contributed by atoms with Gasteiger partial charge in [-0.1, -0.05) is 68.0 Å². The summed E-state index contributed by atoms with van der Waals surface area (Å²) in [7, 11) is -4.65. The smallest absolute Gasteiger partial charge is 0.424 e. The van der Waals surface area contributed by atoms with Gasteiger partial charge >= 0.3 is 10.4 Å². The first kappa shape index (κ1) is 20.9. The molecule has 1 rings (SSSR count). The van der Waals surface area contributed by atoms with Gasteiger partial charge in [0.05, 0.1) is 0 Å². The van der Waals surface area contributed by atoms with Gasteiger partial charge in [-0.3, -0.25) is 4.55 Å². The molecule has 0 aliphatic rings. The molecule has 0 aliphatic carbocycles. The highest BCUT2D eigenvalue weighted by atomic mass is 32.3. The highest BCUT2D eigenvalue weighted by Gasteiger charge is 2.13. The van der Waals surface area contributed by atoms with E-state index < -0.39 is 16.7 Å². The maximum absolute atomic E-state index is 10.5. The van der Waals surface area contributed by atoms with E-state index >= 15 is 0 Å². The van der Waals surface area contributed by atoms with Gasteiger partial charge in [-0.2, -0.15) is 13.3 Å². The molecular formula is C17H28O6S. The van der Waals surface area contributed by atoms with Crippen LogP contribution >= 0.6 is 0 Å². The summed E-state index contributed by atoms with van der Waals surface area (Å²) >= 11 is 0. The zero-order chi connectivity index (χ0) is 17.8. The molecular weight excluding hydrogens is 332 g/mol. The Labute approximate surface area is 145 Å². The summed E-state index contributed by atoms with van der Waals surface area (Å²) < 4.78 is 38.8. The Balaban J connectivity index is 2.38. The summed E-state index contributed by atoms with van der Waals surface area (Å²) in [5.41, 5.74) is 1.04. The van der Waals surface area contributed by atoms with Crippen molar-refractivity contribution in [3.63, 3.8) is 0 Å². The molecule has 0 spiro atoms. The van der Waals surface area contributed by atoms with E-state index in [1.54, 1.807) is 6.07 Å². The van der Waals surface area contributed by atoms with Crippen LogP contribution in [0, 0.1) is 0 Å². The topological polar surface area (TPSA) is 82.1 Å². The Hall–Kier alpha value is -1.15. The van der Waals surface area contributed by atoms with Gasteiger partial charge in [-0.25, -0.2) is 0 Å². The minimum atomic E-state index is -4.65. The molecule has 0 saturated carbocycles.